The quantitative estimate of drug-likeness (QED) is 0.536. The Bertz CT molecular complexity index is 259. The molecule has 0 saturated carbocycles. The molecule has 3 N–H and O–H groups in total. The Morgan fingerprint density at radius 2 is 1.84 bits per heavy atom. The summed E-state index contributed by atoms with van der Waals surface area (Å²) in [7, 11) is -2.13. The topological polar surface area (TPSA) is 88.0 Å². The van der Waals surface area contributed by atoms with E-state index in [9.17, 15) is 9.90 Å². The van der Waals surface area contributed by atoms with Crippen LogP contribution in [-0.2, 0) is 8.85 Å². The van der Waals surface area contributed by atoms with Gasteiger partial charge in [-0.05, 0) is 46.2 Å². The standard InChI is InChI=1S/C12H27NO5Si/c1-5-17-19(4,18-6-2)9-7-8-11(14)10(3)13-12(15)16/h10-11,13-14H,5-9H2,1-4H3,(H,15,16). The SMILES string of the molecule is CCO[Si](C)(CCCC(O)C(C)NC(=O)O)OCC. The van der Waals surface area contributed by atoms with Gasteiger partial charge in [-0.15, -0.1) is 0 Å². The van der Waals surface area contributed by atoms with Crippen molar-refractivity contribution in [2.45, 2.75) is 58.3 Å². The molecule has 0 aromatic carbocycles. The third-order valence-electron chi connectivity index (χ3n) is 2.96. The van der Waals surface area contributed by atoms with Gasteiger partial charge in [0.15, 0.2) is 0 Å². The fourth-order valence-corrected chi connectivity index (χ4v) is 4.41. The minimum absolute atomic E-state index is 0.468. The van der Waals surface area contributed by atoms with Gasteiger partial charge in [-0.2, -0.15) is 0 Å². The predicted octanol–water partition coefficient (Wildman–Crippen LogP) is 1.93. The fourth-order valence-electron chi connectivity index (χ4n) is 1.97. The first-order valence-corrected chi connectivity index (χ1v) is 9.32. The summed E-state index contributed by atoms with van der Waals surface area (Å²) >= 11 is 0. The van der Waals surface area contributed by atoms with Crippen molar-refractivity contribution in [2.24, 2.45) is 0 Å². The first-order chi connectivity index (χ1) is 8.84. The summed E-state index contributed by atoms with van der Waals surface area (Å²) in [5, 5.41) is 20.7. The highest BCUT2D eigenvalue weighted by molar-refractivity contribution is 6.66. The van der Waals surface area contributed by atoms with Crippen molar-refractivity contribution in [1.82, 2.24) is 5.32 Å². The fraction of sp³-hybridized carbons (Fsp3) is 0.917. The normalized spacial score (nSPS) is 15.0. The van der Waals surface area contributed by atoms with Crippen molar-refractivity contribution in [2.75, 3.05) is 13.2 Å². The van der Waals surface area contributed by atoms with Crippen LogP contribution in [0, 0.1) is 0 Å². The largest absolute Gasteiger partial charge is 0.465 e. The Balaban J connectivity index is 4.07. The molecule has 2 unspecified atom stereocenters. The Morgan fingerprint density at radius 1 is 1.32 bits per heavy atom. The summed E-state index contributed by atoms with van der Waals surface area (Å²) in [5.41, 5.74) is 0. The monoisotopic (exact) mass is 293 g/mol. The van der Waals surface area contributed by atoms with Crippen LogP contribution in [-0.4, -0.2) is 50.2 Å². The lowest BCUT2D eigenvalue weighted by atomic mass is 10.1. The molecule has 6 nitrogen and oxygen atoms in total. The summed E-state index contributed by atoms with van der Waals surface area (Å²) in [6.07, 6.45) is -0.508. The second-order valence-corrected chi connectivity index (χ2v) is 8.04. The zero-order chi connectivity index (χ0) is 14.9. The molecule has 0 aromatic heterocycles. The van der Waals surface area contributed by atoms with E-state index in [4.69, 9.17) is 14.0 Å². The van der Waals surface area contributed by atoms with Gasteiger partial charge in [0.05, 0.1) is 12.1 Å². The highest BCUT2D eigenvalue weighted by Crippen LogP contribution is 2.18. The van der Waals surface area contributed by atoms with E-state index in [-0.39, 0.29) is 0 Å². The van der Waals surface area contributed by atoms with E-state index >= 15 is 0 Å². The summed E-state index contributed by atoms with van der Waals surface area (Å²) in [6.45, 7) is 8.81. The molecule has 7 heteroatoms. The van der Waals surface area contributed by atoms with E-state index in [2.05, 4.69) is 5.32 Å². The van der Waals surface area contributed by atoms with Crippen molar-refractivity contribution in [3.63, 3.8) is 0 Å². The number of rotatable bonds is 10. The predicted molar refractivity (Wildman–Crippen MR) is 75.5 cm³/mol. The van der Waals surface area contributed by atoms with Crippen LogP contribution in [0.2, 0.25) is 12.6 Å². The van der Waals surface area contributed by atoms with Gasteiger partial charge in [-0.25, -0.2) is 4.79 Å². The molecule has 114 valence electrons. The molecule has 0 aliphatic rings. The molecule has 0 aliphatic heterocycles. The minimum Gasteiger partial charge on any atom is -0.465 e. The van der Waals surface area contributed by atoms with Crippen LogP contribution in [0.3, 0.4) is 0 Å². The van der Waals surface area contributed by atoms with Gasteiger partial charge < -0.3 is 24.4 Å². The third-order valence-corrected chi connectivity index (χ3v) is 6.02. The van der Waals surface area contributed by atoms with Crippen LogP contribution in [0.1, 0.15) is 33.6 Å². The number of amides is 1. The van der Waals surface area contributed by atoms with Gasteiger partial charge in [0.1, 0.15) is 0 Å². The van der Waals surface area contributed by atoms with Gasteiger partial charge >= 0.3 is 14.7 Å². The Labute approximate surface area is 116 Å². The maximum absolute atomic E-state index is 10.5. The van der Waals surface area contributed by atoms with Gasteiger partial charge in [0, 0.05) is 13.2 Å². The lowest BCUT2D eigenvalue weighted by molar-refractivity contribution is 0.116. The van der Waals surface area contributed by atoms with Crippen LogP contribution in [0.15, 0.2) is 0 Å². The third kappa shape index (κ3) is 8.20. The summed E-state index contributed by atoms with van der Waals surface area (Å²) in [5.74, 6) is 0. The van der Waals surface area contributed by atoms with Crippen LogP contribution < -0.4 is 5.32 Å². The molecule has 0 rings (SSSR count). The number of nitrogens with one attached hydrogen (secondary N) is 1. The van der Waals surface area contributed by atoms with Crippen molar-refractivity contribution >= 4 is 14.7 Å². The zero-order valence-corrected chi connectivity index (χ0v) is 13.3. The number of hydrogen-bond donors (Lipinski definition) is 3. The zero-order valence-electron chi connectivity index (χ0n) is 12.3. The van der Waals surface area contributed by atoms with Gasteiger partial charge in [0.25, 0.3) is 0 Å². The Morgan fingerprint density at radius 3 is 2.26 bits per heavy atom. The van der Waals surface area contributed by atoms with Gasteiger partial charge in [0.2, 0.25) is 0 Å². The van der Waals surface area contributed by atoms with Crippen LogP contribution >= 0.6 is 0 Å². The van der Waals surface area contributed by atoms with Crippen molar-refractivity contribution in [3.05, 3.63) is 0 Å². The molecule has 0 fully saturated rings. The van der Waals surface area contributed by atoms with Crippen LogP contribution in [0.25, 0.3) is 0 Å². The molecule has 0 aromatic rings. The lowest BCUT2D eigenvalue weighted by Crippen LogP contribution is -2.41. The van der Waals surface area contributed by atoms with E-state index in [1.165, 1.54) is 0 Å². The highest BCUT2D eigenvalue weighted by Gasteiger charge is 2.30. The number of carboxylic acid groups (broad SMARTS) is 1. The summed E-state index contributed by atoms with van der Waals surface area (Å²) in [6, 6.07) is 0.329. The highest BCUT2D eigenvalue weighted by atomic mass is 28.4. The number of hydrogen-bond acceptors (Lipinski definition) is 4. The van der Waals surface area contributed by atoms with Crippen molar-refractivity contribution in [1.29, 1.82) is 0 Å². The molecular weight excluding hydrogens is 266 g/mol. The molecule has 2 atom stereocenters. The van der Waals surface area contributed by atoms with E-state index in [1.54, 1.807) is 6.92 Å². The smallest absolute Gasteiger partial charge is 0.404 e. The molecule has 1 amide bonds. The molecule has 0 heterocycles. The van der Waals surface area contributed by atoms with Gasteiger partial charge in [-0.3, -0.25) is 0 Å². The Kier molecular flexibility index (Phi) is 8.99. The maximum Gasteiger partial charge on any atom is 0.404 e. The van der Waals surface area contributed by atoms with Crippen LogP contribution in [0.5, 0.6) is 0 Å². The average molecular weight is 293 g/mol. The van der Waals surface area contributed by atoms with Crippen molar-refractivity contribution in [3.8, 4) is 0 Å². The molecule has 0 bridgehead atoms. The Hall–Kier alpha value is -0.633. The molecule has 19 heavy (non-hydrogen) atoms. The molecule has 0 aliphatic carbocycles. The van der Waals surface area contributed by atoms with Crippen molar-refractivity contribution < 1.29 is 23.9 Å². The summed E-state index contributed by atoms with van der Waals surface area (Å²) < 4.78 is 11.4. The van der Waals surface area contributed by atoms with Crippen LogP contribution in [0.4, 0.5) is 4.79 Å². The maximum atomic E-state index is 10.5. The lowest BCUT2D eigenvalue weighted by Gasteiger charge is -2.27. The van der Waals surface area contributed by atoms with E-state index < -0.39 is 26.8 Å². The molecular formula is C12H27NO5Si. The minimum atomic E-state index is -2.13. The van der Waals surface area contributed by atoms with E-state index in [1.807, 2.05) is 20.4 Å². The first kappa shape index (κ1) is 18.4. The first-order valence-electron chi connectivity index (χ1n) is 6.80. The number of aliphatic hydroxyl groups excluding tert-OH is 1. The molecule has 0 spiro atoms. The van der Waals surface area contributed by atoms with E-state index in [0.29, 0.717) is 19.6 Å². The molecule has 0 radical (unpaired) electrons. The number of aliphatic hydroxyl groups is 1. The molecule has 0 saturated heterocycles. The second kappa shape index (κ2) is 9.30. The second-order valence-electron chi connectivity index (χ2n) is 4.70. The average Bonchev–Trinajstić information content (AvgIpc) is 2.28. The van der Waals surface area contributed by atoms with E-state index in [0.717, 1.165) is 12.5 Å². The summed E-state index contributed by atoms with van der Waals surface area (Å²) in [4.78, 5) is 10.5. The van der Waals surface area contributed by atoms with Gasteiger partial charge in [-0.1, -0.05) is 0 Å². The number of carbonyl (C=O) groups is 1.